The Balaban J connectivity index is 0.00000600. The summed E-state index contributed by atoms with van der Waals surface area (Å²) in [4.78, 5) is 56.1. The number of benzene rings is 4. The van der Waals surface area contributed by atoms with Gasteiger partial charge in [0.15, 0.2) is 0 Å². The Morgan fingerprint density at radius 3 is 2.39 bits per heavy atom. The Labute approximate surface area is 354 Å². The molecule has 17 heteroatoms. The number of carbonyl (C=O) groups excluding carboxylic acids is 3. The first-order valence-corrected chi connectivity index (χ1v) is 20.0. The average Bonchev–Trinajstić information content (AvgIpc) is 3.64. The Bertz CT molecular complexity index is 2260. The molecule has 0 bridgehead atoms. The summed E-state index contributed by atoms with van der Waals surface area (Å²) in [5, 5.41) is 9.80. The molecule has 3 N–H and O–H groups in total. The largest absolute Gasteiger partial charge is 1.00 e. The predicted molar refractivity (Wildman–Crippen MR) is 210 cm³/mol. The molecule has 1 aliphatic heterocycles. The molecule has 6 rings (SSSR count). The molecule has 1 fully saturated rings. The van der Waals surface area contributed by atoms with Crippen LogP contribution in [0.4, 0.5) is 4.79 Å². The van der Waals surface area contributed by atoms with Crippen LogP contribution < -0.4 is 54.9 Å². The molecule has 2 heterocycles. The molecule has 1 unspecified atom stereocenters. The fourth-order valence-electron chi connectivity index (χ4n) is 6.53. The molecule has 0 spiro atoms. The standard InChI is InChI=1S/C39H39ClN6O7PS.Na/c1-2-20-41-24-36(47)46-34(22-27-11-15-32(16-12-27)53-54-50)38(48)44(26-35(46)43-39(49)42-23-28-7-4-3-5-8-28)25-30-10-6-9-29-19-21-45(37(29)30)55(51,52)33-17-13-31(40)14-18-33;/h2-19,21,34-35,41,54H,1,20,22-26H2,(H2,42,43,49);/q-1;+1/t34-,35+;/m0./s1. The van der Waals surface area contributed by atoms with Crippen LogP contribution in [-0.4, -0.2) is 71.9 Å². The third-order valence-corrected chi connectivity index (χ3v) is 11.4. The van der Waals surface area contributed by atoms with Gasteiger partial charge in [0.1, 0.15) is 18.0 Å². The number of hydrogen-bond donors (Lipinski definition) is 3. The van der Waals surface area contributed by atoms with E-state index < -0.39 is 49.1 Å². The smallest absolute Gasteiger partial charge is 0.801 e. The summed E-state index contributed by atoms with van der Waals surface area (Å²) in [6.07, 6.45) is 2.16. The SMILES string of the molecule is C=CCNCC(=O)N1[C@@H](NC(=O)NCc2ccccc2)CN(Cc2cccc3ccn(S(=O)(=O)c4ccc(Cl)cc4)c23)C(=O)[C@@H]1Cc1ccc(OP[O-])cc1.[Na+]. The molecule has 4 aromatic carbocycles. The van der Waals surface area contributed by atoms with Crippen LogP contribution in [0.5, 0.6) is 5.75 Å². The van der Waals surface area contributed by atoms with E-state index in [-0.39, 0.29) is 67.1 Å². The quantitative estimate of drug-likeness (QED) is 0.0613. The maximum atomic E-state index is 14.7. The van der Waals surface area contributed by atoms with Crippen molar-refractivity contribution in [1.29, 1.82) is 0 Å². The first kappa shape index (κ1) is 42.9. The maximum absolute atomic E-state index is 14.7. The number of nitrogens with one attached hydrogen (secondary N) is 3. The molecule has 0 aliphatic carbocycles. The van der Waals surface area contributed by atoms with Gasteiger partial charge in [-0.25, -0.2) is 17.2 Å². The molecule has 5 aromatic rings. The molecule has 1 aliphatic rings. The minimum Gasteiger partial charge on any atom is -0.801 e. The van der Waals surface area contributed by atoms with Gasteiger partial charge in [-0.2, -0.15) is 0 Å². The second kappa shape index (κ2) is 19.8. The van der Waals surface area contributed by atoms with E-state index in [1.165, 1.54) is 44.2 Å². The fourth-order valence-corrected chi connectivity index (χ4v) is 8.28. The van der Waals surface area contributed by atoms with E-state index in [0.29, 0.717) is 39.3 Å². The predicted octanol–water partition coefficient (Wildman–Crippen LogP) is 1.17. The number of rotatable bonds is 15. The van der Waals surface area contributed by atoms with Crippen molar-refractivity contribution in [2.24, 2.45) is 0 Å². The van der Waals surface area contributed by atoms with E-state index in [0.717, 1.165) is 5.56 Å². The molecule has 56 heavy (non-hydrogen) atoms. The number of amides is 4. The number of nitrogens with zero attached hydrogens (tertiary/aromatic N) is 3. The maximum Gasteiger partial charge on any atom is 1.00 e. The van der Waals surface area contributed by atoms with Crippen molar-refractivity contribution in [2.45, 2.75) is 36.6 Å². The van der Waals surface area contributed by atoms with Crippen LogP contribution in [0.1, 0.15) is 16.7 Å². The number of urea groups is 1. The second-order valence-corrected chi connectivity index (χ2v) is 15.4. The van der Waals surface area contributed by atoms with Crippen molar-refractivity contribution in [1.82, 2.24) is 29.7 Å². The van der Waals surface area contributed by atoms with Crippen molar-refractivity contribution < 1.29 is 61.8 Å². The Hall–Kier alpha value is -4.24. The van der Waals surface area contributed by atoms with Gasteiger partial charge in [-0.1, -0.05) is 78.3 Å². The van der Waals surface area contributed by atoms with Gasteiger partial charge in [0.25, 0.3) is 10.0 Å². The van der Waals surface area contributed by atoms with Gasteiger partial charge in [0.2, 0.25) is 11.8 Å². The van der Waals surface area contributed by atoms with E-state index >= 15 is 0 Å². The van der Waals surface area contributed by atoms with Crippen LogP contribution in [-0.2, 0) is 39.1 Å². The molecular weight excluding hydrogens is 786 g/mol. The van der Waals surface area contributed by atoms with Crippen LogP contribution in [0, 0.1) is 0 Å². The molecule has 0 saturated carbocycles. The summed E-state index contributed by atoms with van der Waals surface area (Å²) < 4.78 is 34.1. The van der Waals surface area contributed by atoms with Gasteiger partial charge in [0, 0.05) is 42.7 Å². The van der Waals surface area contributed by atoms with E-state index in [2.05, 4.69) is 22.5 Å². The van der Waals surface area contributed by atoms with Crippen molar-refractivity contribution in [2.75, 3.05) is 19.6 Å². The first-order chi connectivity index (χ1) is 26.6. The van der Waals surface area contributed by atoms with Crippen LogP contribution in [0.15, 0.2) is 127 Å². The molecule has 4 amide bonds. The summed E-state index contributed by atoms with van der Waals surface area (Å²) in [5.41, 5.74) is 2.46. The summed E-state index contributed by atoms with van der Waals surface area (Å²) in [6.45, 7) is 3.99. The number of halogens is 1. The number of carbonyl (C=O) groups is 3. The first-order valence-electron chi connectivity index (χ1n) is 17.3. The van der Waals surface area contributed by atoms with Crippen molar-refractivity contribution >= 4 is 59.4 Å². The number of piperazine rings is 1. The van der Waals surface area contributed by atoms with Crippen LogP contribution in [0.25, 0.3) is 10.9 Å². The van der Waals surface area contributed by atoms with Gasteiger partial charge >= 0.3 is 35.6 Å². The summed E-state index contributed by atoms with van der Waals surface area (Å²) >= 11 is 6.04. The van der Waals surface area contributed by atoms with Crippen LogP contribution in [0.3, 0.4) is 0 Å². The van der Waals surface area contributed by atoms with Crippen LogP contribution in [0.2, 0.25) is 5.02 Å². The summed E-state index contributed by atoms with van der Waals surface area (Å²) in [5.74, 6) is -0.461. The Kier molecular flexibility index (Phi) is 15.1. The molecule has 286 valence electrons. The average molecular weight is 825 g/mol. The Morgan fingerprint density at radius 2 is 1.70 bits per heavy atom. The topological polar surface area (TPSA) is 165 Å². The Morgan fingerprint density at radius 1 is 0.964 bits per heavy atom. The molecule has 1 saturated heterocycles. The van der Waals surface area contributed by atoms with E-state index in [1.807, 2.05) is 30.3 Å². The molecule has 1 aromatic heterocycles. The summed E-state index contributed by atoms with van der Waals surface area (Å²) in [6, 6.07) is 27.2. The normalized spacial score (nSPS) is 15.8. The third kappa shape index (κ3) is 10.2. The molecule has 3 atom stereocenters. The van der Waals surface area contributed by atoms with Gasteiger partial charge in [0.05, 0.1) is 23.5 Å². The zero-order valence-corrected chi connectivity index (χ0v) is 35.1. The summed E-state index contributed by atoms with van der Waals surface area (Å²) in [7, 11) is -5.06. The second-order valence-electron chi connectivity index (χ2n) is 12.7. The minimum atomic E-state index is -4.07. The van der Waals surface area contributed by atoms with E-state index in [4.69, 9.17) is 16.1 Å². The van der Waals surface area contributed by atoms with Crippen molar-refractivity contribution in [3.05, 3.63) is 144 Å². The fraction of sp³-hybridized carbons (Fsp3) is 0.205. The molecule has 0 radical (unpaired) electrons. The zero-order valence-electron chi connectivity index (χ0n) is 30.6. The monoisotopic (exact) mass is 824 g/mol. The van der Waals surface area contributed by atoms with Gasteiger partial charge in [-0.05, 0) is 68.2 Å². The van der Waals surface area contributed by atoms with Gasteiger partial charge in [-0.15, -0.1) is 6.58 Å². The number of aromatic nitrogens is 1. The van der Waals surface area contributed by atoms with Gasteiger partial charge < -0.3 is 35.2 Å². The zero-order chi connectivity index (χ0) is 39.0. The number of para-hydroxylation sites is 1. The van der Waals surface area contributed by atoms with Crippen molar-refractivity contribution in [3.8, 4) is 5.75 Å². The number of hydrogen-bond acceptors (Lipinski definition) is 8. The third-order valence-electron chi connectivity index (χ3n) is 9.11. The van der Waals surface area contributed by atoms with Crippen LogP contribution >= 0.6 is 20.6 Å². The number of fused-ring (bicyclic) bond motifs is 1. The van der Waals surface area contributed by atoms with Gasteiger partial charge in [-0.3, -0.25) is 9.59 Å². The molecular formula is C39H39ClN6NaO7PS. The van der Waals surface area contributed by atoms with E-state index in [9.17, 15) is 27.7 Å². The molecule has 13 nitrogen and oxygen atoms in total. The minimum absolute atomic E-state index is 0. The van der Waals surface area contributed by atoms with E-state index in [1.54, 1.807) is 54.6 Å². The van der Waals surface area contributed by atoms with Crippen molar-refractivity contribution in [3.63, 3.8) is 0 Å².